The zero-order valence-electron chi connectivity index (χ0n) is 11.0. The molecule has 0 aliphatic carbocycles. The summed E-state index contributed by atoms with van der Waals surface area (Å²) in [4.78, 5) is 7.46. The molecule has 3 aromatic rings. The number of fused-ring (bicyclic) bond motifs is 1. The fourth-order valence-electron chi connectivity index (χ4n) is 2.20. The van der Waals surface area contributed by atoms with Gasteiger partial charge in [-0.25, -0.2) is 4.98 Å². The zero-order valence-corrected chi connectivity index (χ0v) is 11.0. The van der Waals surface area contributed by atoms with Crippen molar-refractivity contribution in [1.82, 2.24) is 30.0 Å². The standard InChI is InChI=1S/C13H16N6/c1-9(13-18-17-8-19(13)2)15-6-10-7-16-12-11(10)4-3-5-14-12/h3-5,7-9,15H,6H2,1-2H3,(H,14,16). The van der Waals surface area contributed by atoms with Crippen molar-refractivity contribution in [1.29, 1.82) is 0 Å². The number of aromatic nitrogens is 5. The summed E-state index contributed by atoms with van der Waals surface area (Å²) in [6, 6.07) is 4.17. The van der Waals surface area contributed by atoms with E-state index in [0.29, 0.717) is 0 Å². The van der Waals surface area contributed by atoms with Crippen molar-refractivity contribution in [3.63, 3.8) is 0 Å². The molecule has 0 saturated heterocycles. The van der Waals surface area contributed by atoms with Crippen LogP contribution in [0.25, 0.3) is 11.0 Å². The lowest BCUT2D eigenvalue weighted by Gasteiger charge is -2.12. The van der Waals surface area contributed by atoms with E-state index in [0.717, 1.165) is 23.4 Å². The summed E-state index contributed by atoms with van der Waals surface area (Å²) >= 11 is 0. The van der Waals surface area contributed by atoms with Crippen LogP contribution in [0.5, 0.6) is 0 Å². The summed E-state index contributed by atoms with van der Waals surface area (Å²) in [6.07, 6.45) is 5.50. The van der Waals surface area contributed by atoms with Crippen LogP contribution < -0.4 is 5.32 Å². The molecule has 0 aromatic carbocycles. The van der Waals surface area contributed by atoms with Gasteiger partial charge in [0.05, 0.1) is 6.04 Å². The third-order valence-corrected chi connectivity index (χ3v) is 3.27. The monoisotopic (exact) mass is 256 g/mol. The van der Waals surface area contributed by atoms with Crippen LogP contribution in [-0.4, -0.2) is 24.7 Å². The molecule has 0 radical (unpaired) electrons. The molecule has 0 amide bonds. The summed E-state index contributed by atoms with van der Waals surface area (Å²) in [5.41, 5.74) is 2.13. The van der Waals surface area contributed by atoms with Gasteiger partial charge in [-0.3, -0.25) is 0 Å². The Balaban J connectivity index is 1.74. The fourth-order valence-corrected chi connectivity index (χ4v) is 2.20. The number of rotatable bonds is 4. The van der Waals surface area contributed by atoms with Crippen molar-refractivity contribution in [3.05, 3.63) is 42.2 Å². The van der Waals surface area contributed by atoms with Crippen molar-refractivity contribution in [2.75, 3.05) is 0 Å². The summed E-state index contributed by atoms with van der Waals surface area (Å²) in [6.45, 7) is 2.84. The first kappa shape index (κ1) is 11.9. The number of nitrogens with zero attached hydrogens (tertiary/aromatic N) is 4. The normalized spacial score (nSPS) is 12.9. The van der Waals surface area contributed by atoms with Gasteiger partial charge in [0.1, 0.15) is 17.8 Å². The van der Waals surface area contributed by atoms with Gasteiger partial charge in [-0.15, -0.1) is 10.2 Å². The quantitative estimate of drug-likeness (QED) is 0.743. The molecule has 0 bridgehead atoms. The smallest absolute Gasteiger partial charge is 0.149 e. The highest BCUT2D eigenvalue weighted by atomic mass is 15.3. The molecule has 6 heteroatoms. The summed E-state index contributed by atoms with van der Waals surface area (Å²) < 4.78 is 1.93. The molecule has 98 valence electrons. The van der Waals surface area contributed by atoms with E-state index in [1.807, 2.05) is 23.9 Å². The predicted molar refractivity (Wildman–Crippen MR) is 72.4 cm³/mol. The van der Waals surface area contributed by atoms with E-state index in [4.69, 9.17) is 0 Å². The number of hydrogen-bond acceptors (Lipinski definition) is 4. The van der Waals surface area contributed by atoms with Crippen LogP contribution in [0, 0.1) is 0 Å². The van der Waals surface area contributed by atoms with E-state index < -0.39 is 0 Å². The Kier molecular flexibility index (Phi) is 3.00. The van der Waals surface area contributed by atoms with Crippen LogP contribution in [0.3, 0.4) is 0 Å². The van der Waals surface area contributed by atoms with Gasteiger partial charge < -0.3 is 14.9 Å². The van der Waals surface area contributed by atoms with Gasteiger partial charge in [0.25, 0.3) is 0 Å². The van der Waals surface area contributed by atoms with Crippen LogP contribution in [0.2, 0.25) is 0 Å². The lowest BCUT2D eigenvalue weighted by molar-refractivity contribution is 0.529. The Morgan fingerprint density at radius 3 is 3.16 bits per heavy atom. The number of nitrogens with one attached hydrogen (secondary N) is 2. The van der Waals surface area contributed by atoms with Crippen molar-refractivity contribution in [2.45, 2.75) is 19.5 Å². The van der Waals surface area contributed by atoms with Crippen molar-refractivity contribution in [2.24, 2.45) is 7.05 Å². The van der Waals surface area contributed by atoms with Crippen LogP contribution >= 0.6 is 0 Å². The Morgan fingerprint density at radius 2 is 2.37 bits per heavy atom. The highest BCUT2D eigenvalue weighted by Gasteiger charge is 2.11. The minimum atomic E-state index is 0.147. The molecule has 0 spiro atoms. The van der Waals surface area contributed by atoms with Gasteiger partial charge >= 0.3 is 0 Å². The van der Waals surface area contributed by atoms with E-state index in [2.05, 4.69) is 38.5 Å². The van der Waals surface area contributed by atoms with E-state index in [9.17, 15) is 0 Å². The minimum absolute atomic E-state index is 0.147. The fraction of sp³-hybridized carbons (Fsp3) is 0.308. The average molecular weight is 256 g/mol. The predicted octanol–water partition coefficient (Wildman–Crippen LogP) is 1.54. The lowest BCUT2D eigenvalue weighted by atomic mass is 10.2. The number of hydrogen-bond donors (Lipinski definition) is 2. The SMILES string of the molecule is CC(NCc1c[nH]c2ncccc12)c1nncn1C. The summed E-state index contributed by atoms with van der Waals surface area (Å²) in [5, 5.41) is 12.6. The van der Waals surface area contributed by atoms with Crippen LogP contribution in [0.1, 0.15) is 24.4 Å². The van der Waals surface area contributed by atoms with Crippen molar-refractivity contribution in [3.8, 4) is 0 Å². The van der Waals surface area contributed by atoms with Gasteiger partial charge in [0.2, 0.25) is 0 Å². The summed E-state index contributed by atoms with van der Waals surface area (Å²) in [7, 11) is 1.95. The van der Waals surface area contributed by atoms with Crippen molar-refractivity contribution >= 4 is 11.0 Å². The Bertz CT molecular complexity index is 683. The molecule has 6 nitrogen and oxygen atoms in total. The van der Waals surface area contributed by atoms with Gasteiger partial charge in [-0.1, -0.05) is 0 Å². The first-order valence-electron chi connectivity index (χ1n) is 6.24. The number of H-pyrrole nitrogens is 1. The van der Waals surface area contributed by atoms with E-state index in [1.54, 1.807) is 12.5 Å². The van der Waals surface area contributed by atoms with Crippen LogP contribution in [0.4, 0.5) is 0 Å². The van der Waals surface area contributed by atoms with E-state index >= 15 is 0 Å². The van der Waals surface area contributed by atoms with Gasteiger partial charge in [0, 0.05) is 31.4 Å². The Labute approximate surface area is 110 Å². The van der Waals surface area contributed by atoms with Gasteiger partial charge in [-0.05, 0) is 24.6 Å². The van der Waals surface area contributed by atoms with Crippen LogP contribution in [-0.2, 0) is 13.6 Å². The maximum Gasteiger partial charge on any atom is 0.149 e. The minimum Gasteiger partial charge on any atom is -0.346 e. The lowest BCUT2D eigenvalue weighted by Crippen LogP contribution is -2.20. The summed E-state index contributed by atoms with van der Waals surface area (Å²) in [5.74, 6) is 0.929. The molecule has 0 fully saturated rings. The third-order valence-electron chi connectivity index (χ3n) is 3.27. The second kappa shape index (κ2) is 4.81. The molecule has 0 saturated carbocycles. The largest absolute Gasteiger partial charge is 0.346 e. The number of aryl methyl sites for hydroxylation is 1. The average Bonchev–Trinajstić information content (AvgIpc) is 3.02. The zero-order chi connectivity index (χ0) is 13.2. The first-order chi connectivity index (χ1) is 9.25. The Hall–Kier alpha value is -2.21. The second-order valence-electron chi connectivity index (χ2n) is 4.62. The molecule has 0 aliphatic heterocycles. The maximum atomic E-state index is 4.28. The molecule has 3 rings (SSSR count). The highest BCUT2D eigenvalue weighted by molar-refractivity contribution is 5.79. The number of pyridine rings is 1. The molecule has 1 atom stereocenters. The van der Waals surface area contributed by atoms with Gasteiger partial charge in [0.15, 0.2) is 0 Å². The molecule has 2 N–H and O–H groups in total. The molecule has 3 heterocycles. The molecule has 0 aliphatic rings. The molecule has 3 aromatic heterocycles. The highest BCUT2D eigenvalue weighted by Crippen LogP contribution is 2.16. The molecule has 1 unspecified atom stereocenters. The maximum absolute atomic E-state index is 4.28. The third kappa shape index (κ3) is 2.22. The topological polar surface area (TPSA) is 71.4 Å². The molecular weight excluding hydrogens is 240 g/mol. The van der Waals surface area contributed by atoms with Gasteiger partial charge in [-0.2, -0.15) is 0 Å². The molecule has 19 heavy (non-hydrogen) atoms. The van der Waals surface area contributed by atoms with Crippen LogP contribution in [0.15, 0.2) is 30.9 Å². The first-order valence-corrected chi connectivity index (χ1v) is 6.24. The molecular formula is C13H16N6. The van der Waals surface area contributed by atoms with E-state index in [-0.39, 0.29) is 6.04 Å². The second-order valence-corrected chi connectivity index (χ2v) is 4.62. The van der Waals surface area contributed by atoms with Crippen molar-refractivity contribution < 1.29 is 0 Å². The number of aromatic amines is 1. The van der Waals surface area contributed by atoms with E-state index in [1.165, 1.54) is 5.56 Å². The Morgan fingerprint density at radius 1 is 1.47 bits per heavy atom.